The zero-order valence-corrected chi connectivity index (χ0v) is 17.5. The Hall–Kier alpha value is -1.15. The molecule has 0 aliphatic heterocycles. The molecule has 0 aliphatic rings. The molecule has 1 unspecified atom stereocenters. The molecule has 0 aromatic carbocycles. The highest BCUT2D eigenvalue weighted by Gasteiger charge is 2.52. The minimum atomic E-state index is -5.37. The molecule has 180 valence electrons. The number of aliphatic hydroxyl groups excluding tert-OH is 1. The summed E-state index contributed by atoms with van der Waals surface area (Å²) in [6, 6.07) is 0. The first-order valence-corrected chi connectivity index (χ1v) is 8.96. The standard InChI is InChI=1S/C17H30F6N2O5/c1-12(2,24)10-14(5,13(3,4)25)11(27)28-9-7-16(20,21)30-17(22,23)29-15(18,19)6-8-26/h26H,6-10,24-25H2,1-5H3. The molecule has 30 heavy (non-hydrogen) atoms. The fourth-order valence-corrected chi connectivity index (χ4v) is 2.50. The molecule has 1 atom stereocenters. The van der Waals surface area contributed by atoms with E-state index in [2.05, 4.69) is 9.47 Å². The number of carbonyl (C=O) groups is 1. The monoisotopic (exact) mass is 456 g/mol. The highest BCUT2D eigenvalue weighted by molar-refractivity contribution is 5.78. The van der Waals surface area contributed by atoms with Crippen LogP contribution >= 0.6 is 0 Å². The van der Waals surface area contributed by atoms with E-state index < -0.39 is 67.0 Å². The minimum absolute atomic E-state index is 0.0150. The van der Waals surface area contributed by atoms with Crippen molar-refractivity contribution in [3.05, 3.63) is 0 Å². The molecule has 0 aliphatic carbocycles. The van der Waals surface area contributed by atoms with Crippen molar-refractivity contribution in [1.82, 2.24) is 0 Å². The van der Waals surface area contributed by atoms with Crippen molar-refractivity contribution in [2.75, 3.05) is 13.2 Å². The molecule has 0 amide bonds. The van der Waals surface area contributed by atoms with Crippen molar-refractivity contribution in [3.8, 4) is 0 Å². The van der Waals surface area contributed by atoms with Crippen LogP contribution < -0.4 is 11.5 Å². The summed E-state index contributed by atoms with van der Waals surface area (Å²) < 4.78 is 90.3. The maximum atomic E-state index is 13.6. The first kappa shape index (κ1) is 28.8. The van der Waals surface area contributed by atoms with E-state index in [-0.39, 0.29) is 6.42 Å². The van der Waals surface area contributed by atoms with Gasteiger partial charge in [0.1, 0.15) is 0 Å². The van der Waals surface area contributed by atoms with Crippen LogP contribution in [0.15, 0.2) is 0 Å². The molecular formula is C17H30F6N2O5. The number of hydrogen-bond acceptors (Lipinski definition) is 7. The van der Waals surface area contributed by atoms with Gasteiger partial charge in [-0.25, -0.2) is 9.47 Å². The fourth-order valence-electron chi connectivity index (χ4n) is 2.50. The number of carbonyl (C=O) groups excluding carboxylic acids is 1. The lowest BCUT2D eigenvalue weighted by Gasteiger charge is -2.42. The van der Waals surface area contributed by atoms with Gasteiger partial charge in [0, 0.05) is 11.1 Å². The SMILES string of the molecule is CC(C)(N)CC(C)(C(=O)OCCC(F)(F)OC(F)(F)OC(F)(F)CCO)C(C)(C)N. The minimum Gasteiger partial charge on any atom is -0.465 e. The van der Waals surface area contributed by atoms with E-state index in [9.17, 15) is 31.1 Å². The molecule has 5 N–H and O–H groups in total. The van der Waals surface area contributed by atoms with Gasteiger partial charge in [-0.05, 0) is 41.0 Å². The lowest BCUT2D eigenvalue weighted by molar-refractivity contribution is -0.514. The Morgan fingerprint density at radius 1 is 0.867 bits per heavy atom. The van der Waals surface area contributed by atoms with Gasteiger partial charge in [-0.15, -0.1) is 8.78 Å². The summed E-state index contributed by atoms with van der Waals surface area (Å²) in [5, 5.41) is 8.33. The third kappa shape index (κ3) is 9.77. The van der Waals surface area contributed by atoms with Crippen molar-refractivity contribution in [3.63, 3.8) is 0 Å². The van der Waals surface area contributed by atoms with Crippen LogP contribution in [-0.4, -0.2) is 53.9 Å². The number of hydrogen-bond donors (Lipinski definition) is 3. The van der Waals surface area contributed by atoms with Crippen LogP contribution in [0.1, 0.15) is 53.9 Å². The molecule has 0 aromatic rings. The van der Waals surface area contributed by atoms with Crippen LogP contribution in [-0.2, 0) is 19.0 Å². The normalized spacial score (nSPS) is 16.3. The first-order chi connectivity index (χ1) is 13.1. The van der Waals surface area contributed by atoms with Crippen molar-refractivity contribution in [2.45, 2.75) is 83.5 Å². The van der Waals surface area contributed by atoms with E-state index in [1.54, 1.807) is 13.8 Å². The summed E-state index contributed by atoms with van der Waals surface area (Å²) in [5.74, 6) is -0.998. The van der Waals surface area contributed by atoms with Crippen LogP contribution in [0.5, 0.6) is 0 Å². The smallest absolute Gasteiger partial charge is 0.465 e. The number of nitrogens with two attached hydrogens (primary N) is 2. The average molecular weight is 456 g/mol. The van der Waals surface area contributed by atoms with Crippen LogP contribution in [0.25, 0.3) is 0 Å². The fraction of sp³-hybridized carbons (Fsp3) is 0.941. The molecule has 0 heterocycles. The predicted octanol–water partition coefficient (Wildman–Crippen LogP) is 2.94. The van der Waals surface area contributed by atoms with Crippen molar-refractivity contribution >= 4 is 5.97 Å². The zero-order chi connectivity index (χ0) is 24.2. The summed E-state index contributed by atoms with van der Waals surface area (Å²) in [7, 11) is 0. The lowest BCUT2D eigenvalue weighted by atomic mass is 9.67. The second-order valence-corrected chi connectivity index (χ2v) is 8.52. The van der Waals surface area contributed by atoms with Gasteiger partial charge in [0.25, 0.3) is 0 Å². The van der Waals surface area contributed by atoms with E-state index in [1.165, 1.54) is 20.8 Å². The Morgan fingerprint density at radius 2 is 1.30 bits per heavy atom. The average Bonchev–Trinajstić information content (AvgIpc) is 2.40. The number of rotatable bonds is 13. The molecule has 0 spiro atoms. The summed E-state index contributed by atoms with van der Waals surface area (Å²) in [6.45, 7) is 5.34. The van der Waals surface area contributed by atoms with Gasteiger partial charge in [0.05, 0.1) is 31.5 Å². The highest BCUT2D eigenvalue weighted by atomic mass is 19.3. The maximum Gasteiger partial charge on any atom is 0.494 e. The molecule has 0 rings (SSSR count). The molecule has 0 fully saturated rings. The molecule has 13 heteroatoms. The van der Waals surface area contributed by atoms with Crippen molar-refractivity contribution in [2.24, 2.45) is 16.9 Å². The highest BCUT2D eigenvalue weighted by Crippen LogP contribution is 2.39. The Balaban J connectivity index is 5.04. The predicted molar refractivity (Wildman–Crippen MR) is 93.5 cm³/mol. The Bertz CT molecular complexity index is 578. The van der Waals surface area contributed by atoms with Gasteiger partial charge in [-0.2, -0.15) is 17.6 Å². The van der Waals surface area contributed by atoms with Crippen molar-refractivity contribution < 1.29 is 50.5 Å². The molecular weight excluding hydrogens is 426 g/mol. The number of alkyl halides is 6. The number of esters is 1. The number of aliphatic hydroxyl groups is 1. The second-order valence-electron chi connectivity index (χ2n) is 8.52. The quantitative estimate of drug-likeness (QED) is 0.222. The van der Waals surface area contributed by atoms with E-state index in [0.29, 0.717) is 0 Å². The van der Waals surface area contributed by atoms with E-state index in [1.807, 2.05) is 0 Å². The van der Waals surface area contributed by atoms with Gasteiger partial charge in [0.2, 0.25) is 0 Å². The molecule has 0 saturated heterocycles. The first-order valence-electron chi connectivity index (χ1n) is 8.96. The number of ether oxygens (including phenoxy) is 3. The maximum absolute atomic E-state index is 13.6. The summed E-state index contributed by atoms with van der Waals surface area (Å²) in [5.41, 5.74) is 8.45. The Morgan fingerprint density at radius 3 is 1.67 bits per heavy atom. The molecule has 0 bridgehead atoms. The van der Waals surface area contributed by atoms with Crippen molar-refractivity contribution in [1.29, 1.82) is 0 Å². The van der Waals surface area contributed by atoms with Crippen LogP contribution in [0.3, 0.4) is 0 Å². The summed E-state index contributed by atoms with van der Waals surface area (Å²) in [4.78, 5) is 12.5. The molecule has 0 radical (unpaired) electrons. The Kier molecular flexibility index (Phi) is 9.18. The largest absolute Gasteiger partial charge is 0.494 e. The third-order valence-corrected chi connectivity index (χ3v) is 4.25. The summed E-state index contributed by atoms with van der Waals surface area (Å²) >= 11 is 0. The van der Waals surface area contributed by atoms with E-state index in [4.69, 9.17) is 21.3 Å². The van der Waals surface area contributed by atoms with E-state index >= 15 is 0 Å². The van der Waals surface area contributed by atoms with Gasteiger partial charge in [-0.3, -0.25) is 4.79 Å². The van der Waals surface area contributed by atoms with Gasteiger partial charge >= 0.3 is 24.5 Å². The zero-order valence-electron chi connectivity index (χ0n) is 17.5. The van der Waals surface area contributed by atoms with Crippen LogP contribution in [0, 0.1) is 5.41 Å². The van der Waals surface area contributed by atoms with Gasteiger partial charge in [-0.1, -0.05) is 0 Å². The van der Waals surface area contributed by atoms with E-state index in [0.717, 1.165) is 0 Å². The van der Waals surface area contributed by atoms with Gasteiger partial charge < -0.3 is 21.3 Å². The summed E-state index contributed by atoms with van der Waals surface area (Å²) in [6.07, 6.45) is -17.8. The molecule has 7 nitrogen and oxygen atoms in total. The third-order valence-electron chi connectivity index (χ3n) is 4.25. The topological polar surface area (TPSA) is 117 Å². The van der Waals surface area contributed by atoms with Crippen LogP contribution in [0.2, 0.25) is 0 Å². The lowest BCUT2D eigenvalue weighted by Crippen LogP contribution is -2.58. The van der Waals surface area contributed by atoms with Crippen LogP contribution in [0.4, 0.5) is 26.3 Å². The molecule has 0 saturated carbocycles. The molecule has 0 aromatic heterocycles. The second kappa shape index (κ2) is 9.55. The van der Waals surface area contributed by atoms with Gasteiger partial charge in [0.15, 0.2) is 0 Å². The Labute approximate surface area is 171 Å². The number of halogens is 6.